The first-order valence-corrected chi connectivity index (χ1v) is 8.61. The molecule has 1 unspecified atom stereocenters. The van der Waals surface area contributed by atoms with Crippen molar-refractivity contribution in [2.75, 3.05) is 19.6 Å². The maximum atomic E-state index is 12.3. The summed E-state index contributed by atoms with van der Waals surface area (Å²) in [6, 6.07) is -0.482. The van der Waals surface area contributed by atoms with E-state index in [9.17, 15) is 13.2 Å². The zero-order chi connectivity index (χ0) is 15.3. The Balaban J connectivity index is 2.54. The van der Waals surface area contributed by atoms with E-state index in [2.05, 4.69) is 4.72 Å². The fraction of sp³-hybridized carbons (Fsp3) is 0.917. The minimum Gasteiger partial charge on any atom is -0.341 e. The highest BCUT2D eigenvalue weighted by Gasteiger charge is 2.29. The van der Waals surface area contributed by atoms with Crippen LogP contribution in [-0.2, 0) is 15.0 Å². The fourth-order valence-electron chi connectivity index (χ4n) is 2.37. The van der Waals surface area contributed by atoms with Gasteiger partial charge in [-0.15, -0.1) is 0 Å². The molecule has 1 amide bonds. The maximum absolute atomic E-state index is 12.3. The summed E-state index contributed by atoms with van der Waals surface area (Å²) in [6.07, 6.45) is 2.60. The molecule has 0 spiro atoms. The molecule has 1 rings (SSSR count). The third-order valence-corrected chi connectivity index (χ3v) is 4.52. The molecule has 0 radical (unpaired) electrons. The monoisotopic (exact) mass is 306 g/mol. The molecule has 20 heavy (non-hydrogen) atoms. The van der Waals surface area contributed by atoms with Gasteiger partial charge in [-0.2, -0.15) is 8.42 Å². The van der Waals surface area contributed by atoms with Gasteiger partial charge in [-0.25, -0.2) is 9.86 Å². The Labute approximate surface area is 121 Å². The Morgan fingerprint density at radius 3 is 2.70 bits per heavy atom. The van der Waals surface area contributed by atoms with Gasteiger partial charge in [0.1, 0.15) is 0 Å². The molecule has 0 bridgehead atoms. The third-order valence-electron chi connectivity index (χ3n) is 3.95. The van der Waals surface area contributed by atoms with Crippen molar-refractivity contribution in [1.29, 1.82) is 0 Å². The van der Waals surface area contributed by atoms with Gasteiger partial charge in [-0.1, -0.05) is 20.3 Å². The Morgan fingerprint density at radius 2 is 2.15 bits per heavy atom. The van der Waals surface area contributed by atoms with Crippen LogP contribution in [0, 0.1) is 11.8 Å². The molecule has 0 aromatic rings. The van der Waals surface area contributed by atoms with E-state index in [-0.39, 0.29) is 24.3 Å². The van der Waals surface area contributed by atoms with Crippen LogP contribution < -0.4 is 15.6 Å². The normalized spacial score (nSPS) is 23.4. The summed E-state index contributed by atoms with van der Waals surface area (Å²) < 4.78 is 24.1. The van der Waals surface area contributed by atoms with Crippen LogP contribution in [-0.4, -0.2) is 44.9 Å². The van der Waals surface area contributed by atoms with E-state index in [0.717, 1.165) is 19.3 Å². The summed E-state index contributed by atoms with van der Waals surface area (Å²) in [5, 5.41) is 4.91. The van der Waals surface area contributed by atoms with E-state index in [4.69, 9.17) is 10.9 Å². The van der Waals surface area contributed by atoms with Gasteiger partial charge in [0, 0.05) is 19.6 Å². The smallest absolute Gasteiger partial charge is 0.274 e. The van der Waals surface area contributed by atoms with Gasteiger partial charge in [0.25, 0.3) is 10.2 Å². The van der Waals surface area contributed by atoms with E-state index < -0.39 is 16.3 Å². The van der Waals surface area contributed by atoms with E-state index >= 15 is 0 Å². The molecule has 0 aliphatic carbocycles. The van der Waals surface area contributed by atoms with Gasteiger partial charge in [-0.3, -0.25) is 4.79 Å². The zero-order valence-electron chi connectivity index (χ0n) is 12.2. The van der Waals surface area contributed by atoms with E-state index in [1.165, 1.54) is 0 Å². The first-order chi connectivity index (χ1) is 9.24. The van der Waals surface area contributed by atoms with Crippen LogP contribution in [0.2, 0.25) is 0 Å². The van der Waals surface area contributed by atoms with Crippen molar-refractivity contribution in [2.24, 2.45) is 22.7 Å². The number of carbonyl (C=O) groups is 1. The number of amides is 1. The minimum atomic E-state index is -3.67. The summed E-state index contributed by atoms with van der Waals surface area (Å²) in [7, 11) is -3.67. The van der Waals surface area contributed by atoms with Gasteiger partial charge in [0.05, 0.1) is 6.04 Å². The lowest BCUT2D eigenvalue weighted by Gasteiger charge is -2.35. The van der Waals surface area contributed by atoms with Crippen LogP contribution in [0.4, 0.5) is 0 Å². The van der Waals surface area contributed by atoms with Gasteiger partial charge < -0.3 is 10.6 Å². The van der Waals surface area contributed by atoms with Crippen LogP contribution in [0.25, 0.3) is 0 Å². The van der Waals surface area contributed by atoms with Gasteiger partial charge in [-0.05, 0) is 24.7 Å². The summed E-state index contributed by atoms with van der Waals surface area (Å²) in [5.74, 6) is 0.195. The standard InChI is InChI=1S/C12H26N4O3S/c1-3-9(2)11(13)12(17)16-6-4-5-10(8-16)7-15-20(14,18)19/h9-11,15H,3-8,13H2,1-2H3,(H2,14,18,19)/t9-,10?,11-/m0/s1. The predicted molar refractivity (Wildman–Crippen MR) is 77.8 cm³/mol. The number of likely N-dealkylation sites (tertiary alicyclic amines) is 1. The molecule has 0 aromatic heterocycles. The summed E-state index contributed by atoms with van der Waals surface area (Å²) in [5.41, 5.74) is 5.97. The highest BCUT2D eigenvalue weighted by atomic mass is 32.2. The van der Waals surface area contributed by atoms with Crippen molar-refractivity contribution < 1.29 is 13.2 Å². The van der Waals surface area contributed by atoms with Crippen molar-refractivity contribution >= 4 is 16.1 Å². The van der Waals surface area contributed by atoms with Gasteiger partial charge >= 0.3 is 0 Å². The highest BCUT2D eigenvalue weighted by molar-refractivity contribution is 7.87. The van der Waals surface area contributed by atoms with Crippen LogP contribution in [0.3, 0.4) is 0 Å². The van der Waals surface area contributed by atoms with Gasteiger partial charge in [0.2, 0.25) is 5.91 Å². The number of nitrogens with zero attached hydrogens (tertiary/aromatic N) is 1. The number of piperidine rings is 1. The molecule has 7 nitrogen and oxygen atoms in total. The number of hydrogen-bond donors (Lipinski definition) is 3. The first-order valence-electron chi connectivity index (χ1n) is 7.06. The van der Waals surface area contributed by atoms with Crippen molar-refractivity contribution in [1.82, 2.24) is 9.62 Å². The first kappa shape index (κ1) is 17.4. The summed E-state index contributed by atoms with van der Waals surface area (Å²) >= 11 is 0. The number of nitrogens with two attached hydrogens (primary N) is 2. The minimum absolute atomic E-state index is 0.0420. The lowest BCUT2D eigenvalue weighted by Crippen LogP contribution is -2.51. The molecule has 1 saturated heterocycles. The Bertz CT molecular complexity index is 426. The summed E-state index contributed by atoms with van der Waals surface area (Å²) in [6.45, 7) is 5.46. The molecule has 1 aliphatic rings. The Hall–Kier alpha value is -0.700. The maximum Gasteiger partial charge on any atom is 0.274 e. The van der Waals surface area contributed by atoms with Crippen molar-refractivity contribution in [2.45, 2.75) is 39.2 Å². The fourth-order valence-corrected chi connectivity index (χ4v) is 2.84. The second-order valence-electron chi connectivity index (χ2n) is 5.60. The SMILES string of the molecule is CC[C@H](C)[C@H](N)C(=O)N1CCCC(CNS(N)(=O)=O)C1. The predicted octanol–water partition coefficient (Wildman–Crippen LogP) is -0.608. The molecular weight excluding hydrogens is 280 g/mol. The van der Waals surface area contributed by atoms with E-state index in [0.29, 0.717) is 13.1 Å². The molecule has 0 saturated carbocycles. The molecule has 3 atom stereocenters. The number of hydrogen-bond acceptors (Lipinski definition) is 4. The van der Waals surface area contributed by atoms with Crippen LogP contribution in [0.15, 0.2) is 0 Å². The number of rotatable bonds is 6. The molecule has 1 aliphatic heterocycles. The highest BCUT2D eigenvalue weighted by Crippen LogP contribution is 2.18. The molecule has 1 heterocycles. The largest absolute Gasteiger partial charge is 0.341 e. The number of nitrogens with one attached hydrogen (secondary N) is 1. The molecule has 118 valence electrons. The van der Waals surface area contributed by atoms with Crippen LogP contribution in [0.5, 0.6) is 0 Å². The van der Waals surface area contributed by atoms with Crippen LogP contribution >= 0.6 is 0 Å². The van der Waals surface area contributed by atoms with Crippen LogP contribution in [0.1, 0.15) is 33.1 Å². The second-order valence-corrected chi connectivity index (χ2v) is 6.98. The van der Waals surface area contributed by atoms with Crippen molar-refractivity contribution in [3.63, 3.8) is 0 Å². The average molecular weight is 306 g/mol. The molecule has 8 heteroatoms. The summed E-state index contributed by atoms with van der Waals surface area (Å²) in [4.78, 5) is 14.0. The Morgan fingerprint density at radius 1 is 1.50 bits per heavy atom. The Kier molecular flexibility index (Phi) is 6.38. The topological polar surface area (TPSA) is 119 Å². The quantitative estimate of drug-likeness (QED) is 0.606. The molecule has 1 fully saturated rings. The van der Waals surface area contributed by atoms with Crippen molar-refractivity contribution in [3.05, 3.63) is 0 Å². The molecular formula is C12H26N4O3S. The lowest BCUT2D eigenvalue weighted by molar-refractivity contribution is -0.135. The number of carbonyl (C=O) groups excluding carboxylic acids is 1. The molecule has 5 N–H and O–H groups in total. The van der Waals surface area contributed by atoms with Crippen molar-refractivity contribution in [3.8, 4) is 0 Å². The lowest BCUT2D eigenvalue weighted by atomic mass is 9.94. The molecule has 0 aromatic carbocycles. The third kappa shape index (κ3) is 5.35. The van der Waals surface area contributed by atoms with Gasteiger partial charge in [0.15, 0.2) is 0 Å². The zero-order valence-corrected chi connectivity index (χ0v) is 13.0. The average Bonchev–Trinajstić information content (AvgIpc) is 2.42. The van der Waals surface area contributed by atoms with E-state index in [1.807, 2.05) is 13.8 Å². The van der Waals surface area contributed by atoms with E-state index in [1.54, 1.807) is 4.90 Å². The second kappa shape index (κ2) is 7.35.